The molecule has 1 aromatic carbocycles. The minimum atomic E-state index is -0.595. The van der Waals surface area contributed by atoms with E-state index in [0.717, 1.165) is 5.56 Å². The van der Waals surface area contributed by atoms with Gasteiger partial charge in [-0.3, -0.25) is 4.79 Å². The van der Waals surface area contributed by atoms with Crippen LogP contribution in [0.2, 0.25) is 0 Å². The van der Waals surface area contributed by atoms with Crippen LogP contribution in [-0.4, -0.2) is 18.6 Å². The summed E-state index contributed by atoms with van der Waals surface area (Å²) < 4.78 is 5.38. The van der Waals surface area contributed by atoms with Gasteiger partial charge in [0.25, 0.3) is 0 Å². The summed E-state index contributed by atoms with van der Waals surface area (Å²) in [7, 11) is 0. The highest BCUT2D eigenvalue weighted by Gasteiger charge is 2.20. The Morgan fingerprint density at radius 2 is 2.36 bits per heavy atom. The normalized spacial score (nSPS) is 20.4. The van der Waals surface area contributed by atoms with Crippen molar-refractivity contribution in [3.63, 3.8) is 0 Å². The number of hydrogen-bond donors (Lipinski definition) is 2. The molecule has 0 aromatic heterocycles. The highest BCUT2D eigenvalue weighted by molar-refractivity contribution is 5.96. The highest BCUT2D eigenvalue weighted by Crippen LogP contribution is 2.27. The summed E-state index contributed by atoms with van der Waals surface area (Å²) in [5.74, 6) is 0.478. The van der Waals surface area contributed by atoms with Crippen molar-refractivity contribution in [1.82, 2.24) is 0 Å². The Bertz CT molecular complexity index is 376. The molecule has 0 fully saturated rings. The first kappa shape index (κ1) is 9.02. The van der Waals surface area contributed by atoms with Crippen LogP contribution in [0.3, 0.4) is 0 Å². The predicted molar refractivity (Wildman–Crippen MR) is 53.3 cm³/mol. The van der Waals surface area contributed by atoms with Gasteiger partial charge in [-0.05, 0) is 24.6 Å². The van der Waals surface area contributed by atoms with Gasteiger partial charge in [0.2, 0.25) is 5.91 Å². The summed E-state index contributed by atoms with van der Waals surface area (Å²) in [4.78, 5) is 11.4. The molecule has 14 heavy (non-hydrogen) atoms. The maximum absolute atomic E-state index is 11.4. The number of aryl methyl sites for hydroxylation is 1. The van der Waals surface area contributed by atoms with Crippen LogP contribution in [0, 0.1) is 6.92 Å². The van der Waals surface area contributed by atoms with E-state index in [2.05, 4.69) is 5.32 Å². The number of rotatable bonds is 0. The Balaban J connectivity index is 2.38. The van der Waals surface area contributed by atoms with Gasteiger partial charge in [0.1, 0.15) is 18.4 Å². The first-order valence-electron chi connectivity index (χ1n) is 4.47. The maximum atomic E-state index is 11.4. The van der Waals surface area contributed by atoms with E-state index in [1.165, 1.54) is 0 Å². The highest BCUT2D eigenvalue weighted by atomic mass is 16.5. The van der Waals surface area contributed by atoms with Crippen molar-refractivity contribution in [3.05, 3.63) is 23.8 Å². The van der Waals surface area contributed by atoms with E-state index < -0.39 is 6.04 Å². The second kappa shape index (κ2) is 3.31. The molecule has 2 rings (SSSR count). The van der Waals surface area contributed by atoms with E-state index in [4.69, 9.17) is 10.5 Å². The molecule has 1 aliphatic heterocycles. The van der Waals surface area contributed by atoms with E-state index in [-0.39, 0.29) is 12.5 Å². The van der Waals surface area contributed by atoms with Crippen LogP contribution in [-0.2, 0) is 4.79 Å². The molecule has 1 aromatic rings. The molecule has 1 atom stereocenters. The number of anilines is 1. The van der Waals surface area contributed by atoms with Crippen molar-refractivity contribution in [2.24, 2.45) is 5.73 Å². The summed E-state index contributed by atoms with van der Waals surface area (Å²) in [6.45, 7) is 2.18. The lowest BCUT2D eigenvalue weighted by Gasteiger charge is -2.06. The second-order valence-corrected chi connectivity index (χ2v) is 3.41. The zero-order chi connectivity index (χ0) is 10.1. The Morgan fingerprint density at radius 1 is 1.57 bits per heavy atom. The largest absolute Gasteiger partial charge is 0.489 e. The first-order valence-corrected chi connectivity index (χ1v) is 4.47. The minimum Gasteiger partial charge on any atom is -0.489 e. The molecule has 1 aliphatic rings. The van der Waals surface area contributed by atoms with Crippen LogP contribution < -0.4 is 15.8 Å². The van der Waals surface area contributed by atoms with Crippen molar-refractivity contribution in [3.8, 4) is 5.75 Å². The van der Waals surface area contributed by atoms with Gasteiger partial charge in [-0.15, -0.1) is 0 Å². The van der Waals surface area contributed by atoms with E-state index in [1.54, 1.807) is 0 Å². The lowest BCUT2D eigenvalue weighted by molar-refractivity contribution is -0.117. The summed E-state index contributed by atoms with van der Waals surface area (Å²) in [6, 6.07) is 5.04. The van der Waals surface area contributed by atoms with Gasteiger partial charge >= 0.3 is 0 Å². The molecule has 4 nitrogen and oxygen atoms in total. The summed E-state index contributed by atoms with van der Waals surface area (Å²) in [5.41, 5.74) is 7.33. The molecular formula is C10H12N2O2. The second-order valence-electron chi connectivity index (χ2n) is 3.41. The summed E-state index contributed by atoms with van der Waals surface area (Å²) in [5, 5.41) is 2.72. The number of carbonyl (C=O) groups excluding carboxylic acids is 1. The van der Waals surface area contributed by atoms with Gasteiger partial charge in [0.15, 0.2) is 0 Å². The summed E-state index contributed by atoms with van der Waals surface area (Å²) >= 11 is 0. The molecule has 4 heteroatoms. The first-order chi connectivity index (χ1) is 6.66. The molecule has 0 bridgehead atoms. The van der Waals surface area contributed by atoms with Gasteiger partial charge in [-0.2, -0.15) is 0 Å². The van der Waals surface area contributed by atoms with Crippen molar-refractivity contribution >= 4 is 11.6 Å². The third-order valence-corrected chi connectivity index (χ3v) is 2.15. The maximum Gasteiger partial charge on any atom is 0.244 e. The fraction of sp³-hybridized carbons (Fsp3) is 0.300. The topological polar surface area (TPSA) is 64.4 Å². The Morgan fingerprint density at radius 3 is 3.14 bits per heavy atom. The third kappa shape index (κ3) is 1.56. The van der Waals surface area contributed by atoms with Crippen molar-refractivity contribution in [2.75, 3.05) is 11.9 Å². The number of ether oxygens (including phenoxy) is 1. The van der Waals surface area contributed by atoms with E-state index in [9.17, 15) is 4.79 Å². The van der Waals surface area contributed by atoms with Gasteiger partial charge in [0, 0.05) is 0 Å². The molecular weight excluding hydrogens is 180 g/mol. The molecule has 1 amide bonds. The molecule has 1 heterocycles. The van der Waals surface area contributed by atoms with Crippen molar-refractivity contribution < 1.29 is 9.53 Å². The fourth-order valence-corrected chi connectivity index (χ4v) is 1.35. The average molecular weight is 192 g/mol. The summed E-state index contributed by atoms with van der Waals surface area (Å²) in [6.07, 6.45) is 0. The van der Waals surface area contributed by atoms with Gasteiger partial charge in [-0.25, -0.2) is 0 Å². The number of nitrogens with one attached hydrogen (secondary N) is 1. The van der Waals surface area contributed by atoms with Gasteiger partial charge in [-0.1, -0.05) is 6.07 Å². The van der Waals surface area contributed by atoms with Gasteiger partial charge in [0.05, 0.1) is 5.69 Å². The Labute approximate surface area is 82.1 Å². The lowest BCUT2D eigenvalue weighted by Crippen LogP contribution is -2.38. The zero-order valence-corrected chi connectivity index (χ0v) is 7.91. The number of fused-ring (bicyclic) bond motifs is 1. The molecule has 0 unspecified atom stereocenters. The lowest BCUT2D eigenvalue weighted by atomic mass is 10.2. The fourth-order valence-electron chi connectivity index (χ4n) is 1.35. The molecule has 0 radical (unpaired) electrons. The number of carbonyl (C=O) groups is 1. The SMILES string of the molecule is Cc1ccc2c(c1)NC(=O)[C@@H](N)CO2. The number of amides is 1. The molecule has 0 aliphatic carbocycles. The van der Waals surface area contributed by atoms with E-state index in [1.807, 2.05) is 25.1 Å². The van der Waals surface area contributed by atoms with Crippen LogP contribution in [0.1, 0.15) is 5.56 Å². The number of hydrogen-bond acceptors (Lipinski definition) is 3. The van der Waals surface area contributed by atoms with Crippen LogP contribution in [0.5, 0.6) is 5.75 Å². The molecule has 0 saturated carbocycles. The number of benzene rings is 1. The van der Waals surface area contributed by atoms with Crippen LogP contribution >= 0.6 is 0 Å². The van der Waals surface area contributed by atoms with Gasteiger partial charge < -0.3 is 15.8 Å². The minimum absolute atomic E-state index is 0.200. The molecule has 0 spiro atoms. The monoisotopic (exact) mass is 192 g/mol. The Kier molecular flexibility index (Phi) is 2.13. The number of nitrogens with two attached hydrogens (primary N) is 1. The molecule has 3 N–H and O–H groups in total. The Hall–Kier alpha value is -1.55. The van der Waals surface area contributed by atoms with Crippen molar-refractivity contribution in [1.29, 1.82) is 0 Å². The predicted octanol–water partition coefficient (Wildman–Crippen LogP) is 0.653. The molecule has 0 saturated heterocycles. The van der Waals surface area contributed by atoms with Crippen LogP contribution in [0.25, 0.3) is 0 Å². The average Bonchev–Trinajstić information content (AvgIpc) is 2.27. The standard InChI is InChI=1S/C10H12N2O2/c1-6-2-3-9-8(4-6)12-10(13)7(11)5-14-9/h2-4,7H,5,11H2,1H3,(H,12,13)/t7-/m0/s1. The quantitative estimate of drug-likeness (QED) is 0.634. The molecule has 74 valence electrons. The third-order valence-electron chi connectivity index (χ3n) is 2.15. The van der Waals surface area contributed by atoms with Crippen molar-refractivity contribution in [2.45, 2.75) is 13.0 Å². The smallest absolute Gasteiger partial charge is 0.244 e. The van der Waals surface area contributed by atoms with E-state index in [0.29, 0.717) is 11.4 Å². The van der Waals surface area contributed by atoms with Crippen LogP contribution in [0.4, 0.5) is 5.69 Å². The zero-order valence-electron chi connectivity index (χ0n) is 7.91. The van der Waals surface area contributed by atoms with E-state index >= 15 is 0 Å². The van der Waals surface area contributed by atoms with Crippen LogP contribution in [0.15, 0.2) is 18.2 Å².